The number of alkyl halides is 6. The summed E-state index contributed by atoms with van der Waals surface area (Å²) in [6, 6.07) is 5.25. The first-order chi connectivity index (χ1) is 17.6. The van der Waals surface area contributed by atoms with E-state index < -0.39 is 41.6 Å². The summed E-state index contributed by atoms with van der Waals surface area (Å²) in [5.74, 6) is -6.53. The van der Waals surface area contributed by atoms with Crippen LogP contribution < -0.4 is 9.47 Å². The summed E-state index contributed by atoms with van der Waals surface area (Å²) in [5.41, 5.74) is -0.442. The van der Waals surface area contributed by atoms with Gasteiger partial charge >= 0.3 is 24.5 Å². The van der Waals surface area contributed by atoms with E-state index in [9.17, 15) is 40.3 Å². The summed E-state index contributed by atoms with van der Waals surface area (Å²) in [5, 5.41) is -0.187. The molecule has 0 saturated carbocycles. The minimum Gasteiger partial charge on any atom is -0.492 e. The van der Waals surface area contributed by atoms with E-state index in [1.54, 1.807) is 0 Å². The number of rotatable bonds is 7. The topological polar surface area (TPSA) is 65.1 Å². The number of ether oxygens (including phenoxy) is 3. The molecule has 0 radical (unpaired) electrons. The van der Waals surface area contributed by atoms with Gasteiger partial charge in [0.1, 0.15) is 17.3 Å². The largest absolute Gasteiger partial charge is 0.573 e. The molecule has 38 heavy (non-hydrogen) atoms. The number of benzene rings is 2. The highest BCUT2D eigenvalue weighted by molar-refractivity contribution is 6.32. The van der Waals surface area contributed by atoms with Gasteiger partial charge < -0.3 is 14.2 Å². The van der Waals surface area contributed by atoms with Gasteiger partial charge in [-0.15, -0.1) is 13.2 Å². The summed E-state index contributed by atoms with van der Waals surface area (Å²) in [7, 11) is 0. The smallest absolute Gasteiger partial charge is 0.492 e. The normalized spacial score (nSPS) is 15.3. The molecule has 1 fully saturated rings. The third-order valence-corrected chi connectivity index (χ3v) is 5.92. The molecular weight excluding hydrogens is 574 g/mol. The first-order valence-corrected chi connectivity index (χ1v) is 11.6. The summed E-state index contributed by atoms with van der Waals surface area (Å²) in [6.45, 7) is 1.56. The van der Waals surface area contributed by atoms with Gasteiger partial charge in [-0.3, -0.25) is 4.90 Å². The summed E-state index contributed by atoms with van der Waals surface area (Å²) >= 11 is 11.9. The molecule has 0 unspecified atom stereocenters. The quantitative estimate of drug-likeness (QED) is 0.206. The number of halogens is 9. The van der Waals surface area contributed by atoms with E-state index >= 15 is 0 Å². The van der Waals surface area contributed by atoms with E-state index in [0.29, 0.717) is 50.2 Å². The Morgan fingerprint density at radius 3 is 2.24 bits per heavy atom. The van der Waals surface area contributed by atoms with Crippen LogP contribution in [0.5, 0.6) is 11.5 Å². The van der Waals surface area contributed by atoms with Crippen LogP contribution in [-0.2, 0) is 16.1 Å². The van der Waals surface area contributed by atoms with Gasteiger partial charge in [-0.1, -0.05) is 23.2 Å². The summed E-state index contributed by atoms with van der Waals surface area (Å²) in [4.78, 5) is 24.5. The molecule has 0 aromatic heterocycles. The zero-order valence-electron chi connectivity index (χ0n) is 19.1. The standard InChI is InChI=1S/C23H18Cl2F7NO5/c24-14-5-13(6-15(7-14)38-23(30,31)32)10-33-3-1-12(2-4-33)11-36-19-9-18(26)16(8-17(19)25)20(34)37-21(35)22(27,28)29/h5-9,12H,1-4,10-11H2. The maximum Gasteiger partial charge on any atom is 0.573 e. The van der Waals surface area contributed by atoms with Gasteiger partial charge in [-0.2, -0.15) is 13.2 Å². The highest BCUT2D eigenvalue weighted by atomic mass is 35.5. The highest BCUT2D eigenvalue weighted by Crippen LogP contribution is 2.31. The van der Waals surface area contributed by atoms with Crippen LogP contribution in [0.3, 0.4) is 0 Å². The molecule has 208 valence electrons. The van der Waals surface area contributed by atoms with Crippen molar-refractivity contribution in [2.75, 3.05) is 19.7 Å². The number of likely N-dealkylation sites (tertiary alicyclic amines) is 1. The predicted molar refractivity (Wildman–Crippen MR) is 120 cm³/mol. The molecule has 1 aliphatic rings. The molecule has 6 nitrogen and oxygen atoms in total. The van der Waals surface area contributed by atoms with Crippen LogP contribution >= 0.6 is 23.2 Å². The number of nitrogens with zero attached hydrogens (tertiary/aromatic N) is 1. The number of piperidine rings is 1. The van der Waals surface area contributed by atoms with Crippen molar-refractivity contribution in [2.24, 2.45) is 5.92 Å². The van der Waals surface area contributed by atoms with Crippen LogP contribution in [0.4, 0.5) is 30.7 Å². The van der Waals surface area contributed by atoms with Gasteiger partial charge in [0.25, 0.3) is 0 Å². The molecule has 0 bridgehead atoms. The van der Waals surface area contributed by atoms with Gasteiger partial charge in [0, 0.05) is 17.6 Å². The second-order valence-corrected chi connectivity index (χ2v) is 9.15. The maximum atomic E-state index is 14.3. The van der Waals surface area contributed by atoms with E-state index in [4.69, 9.17) is 27.9 Å². The van der Waals surface area contributed by atoms with Gasteiger partial charge in [-0.25, -0.2) is 14.0 Å². The average molecular weight is 592 g/mol. The summed E-state index contributed by atoms with van der Waals surface area (Å²) < 4.78 is 102. The van der Waals surface area contributed by atoms with Gasteiger partial charge in [0.2, 0.25) is 0 Å². The zero-order chi connectivity index (χ0) is 28.3. The minimum absolute atomic E-state index is 0.00270. The first-order valence-electron chi connectivity index (χ1n) is 10.8. The number of hydrogen-bond donors (Lipinski definition) is 0. The SMILES string of the molecule is O=C(OC(=O)C(F)(F)F)c1cc(Cl)c(OCC2CCN(Cc3cc(Cl)cc(OC(F)(F)F)c3)CC2)cc1F. The molecule has 2 aromatic carbocycles. The van der Waals surface area contributed by atoms with Crippen LogP contribution in [0.25, 0.3) is 0 Å². The van der Waals surface area contributed by atoms with E-state index in [-0.39, 0.29) is 28.3 Å². The average Bonchev–Trinajstić information content (AvgIpc) is 2.78. The first kappa shape index (κ1) is 29.8. The van der Waals surface area contributed by atoms with Gasteiger partial charge in [0.05, 0.1) is 17.2 Å². The fourth-order valence-electron chi connectivity index (χ4n) is 3.67. The fourth-order valence-corrected chi connectivity index (χ4v) is 4.14. The van der Waals surface area contributed by atoms with Crippen molar-refractivity contribution in [2.45, 2.75) is 31.9 Å². The molecule has 0 amide bonds. The third-order valence-electron chi connectivity index (χ3n) is 5.41. The van der Waals surface area contributed by atoms with Crippen LogP contribution in [0.1, 0.15) is 28.8 Å². The maximum absolute atomic E-state index is 14.3. The number of carbonyl (C=O) groups is 2. The summed E-state index contributed by atoms with van der Waals surface area (Å²) in [6.07, 6.45) is -9.04. The lowest BCUT2D eigenvalue weighted by Gasteiger charge is -2.32. The number of esters is 2. The molecule has 3 rings (SSSR count). The van der Waals surface area contributed by atoms with Gasteiger partial charge in [-0.05, 0) is 61.7 Å². The zero-order valence-corrected chi connectivity index (χ0v) is 20.6. The molecule has 0 atom stereocenters. The third kappa shape index (κ3) is 8.63. The number of hydrogen-bond acceptors (Lipinski definition) is 6. The monoisotopic (exact) mass is 591 g/mol. The predicted octanol–water partition coefficient (Wildman–Crippen LogP) is 6.57. The van der Waals surface area contributed by atoms with E-state index in [1.165, 1.54) is 12.1 Å². The Balaban J connectivity index is 1.52. The molecule has 0 aliphatic carbocycles. The lowest BCUT2D eigenvalue weighted by atomic mass is 9.97. The molecule has 1 heterocycles. The van der Waals surface area contributed by atoms with Crippen molar-refractivity contribution in [1.82, 2.24) is 4.90 Å². The van der Waals surface area contributed by atoms with E-state index in [0.717, 1.165) is 6.07 Å². The van der Waals surface area contributed by atoms with Crippen molar-refractivity contribution in [3.8, 4) is 11.5 Å². The molecule has 2 aromatic rings. The highest BCUT2D eigenvalue weighted by Gasteiger charge is 2.43. The van der Waals surface area contributed by atoms with Crippen molar-refractivity contribution in [3.05, 3.63) is 57.3 Å². The van der Waals surface area contributed by atoms with Crippen molar-refractivity contribution >= 4 is 35.1 Å². The number of carbonyl (C=O) groups excluding carboxylic acids is 2. The lowest BCUT2D eigenvalue weighted by molar-refractivity contribution is -0.274. The Hall–Kier alpha value is -2.77. The molecule has 0 spiro atoms. The second-order valence-electron chi connectivity index (χ2n) is 8.31. The Morgan fingerprint density at radius 2 is 1.63 bits per heavy atom. The Bertz CT molecular complexity index is 1180. The van der Waals surface area contributed by atoms with E-state index in [1.807, 2.05) is 4.90 Å². The minimum atomic E-state index is -5.44. The molecular formula is C23H18Cl2F7NO5. The Morgan fingerprint density at radius 1 is 0.974 bits per heavy atom. The Kier molecular flexibility index (Phi) is 9.37. The van der Waals surface area contributed by atoms with Crippen LogP contribution in [0, 0.1) is 11.7 Å². The molecule has 15 heteroatoms. The van der Waals surface area contributed by atoms with E-state index in [2.05, 4.69) is 9.47 Å². The van der Waals surface area contributed by atoms with Crippen LogP contribution in [0.2, 0.25) is 10.0 Å². The van der Waals surface area contributed by atoms with Crippen LogP contribution in [0.15, 0.2) is 30.3 Å². The fraction of sp³-hybridized carbons (Fsp3) is 0.391. The van der Waals surface area contributed by atoms with Crippen molar-refractivity contribution < 1.29 is 54.5 Å². The lowest BCUT2D eigenvalue weighted by Crippen LogP contribution is -2.35. The molecule has 1 saturated heterocycles. The van der Waals surface area contributed by atoms with Crippen LogP contribution in [-0.4, -0.2) is 49.1 Å². The van der Waals surface area contributed by atoms with Gasteiger partial charge in [0.15, 0.2) is 0 Å². The van der Waals surface area contributed by atoms with Crippen molar-refractivity contribution in [1.29, 1.82) is 0 Å². The molecule has 0 N–H and O–H groups in total. The van der Waals surface area contributed by atoms with Crippen molar-refractivity contribution in [3.63, 3.8) is 0 Å². The molecule has 1 aliphatic heterocycles. The Labute approximate surface area is 221 Å². The second kappa shape index (κ2) is 12.0.